The standard InChI is InChI=1S/C13H22N4O2S/c1-2-14-12-6-5-7-15-13(12)20(18,19)16-8-11-17-9-3-4-10-17/h5-7,14,16H,2-4,8-11H2,1H3. The van der Waals surface area contributed by atoms with Crippen molar-refractivity contribution in [1.29, 1.82) is 0 Å². The molecule has 6 nitrogen and oxygen atoms in total. The molecule has 1 aliphatic rings. The molecule has 0 atom stereocenters. The van der Waals surface area contributed by atoms with Gasteiger partial charge in [0.2, 0.25) is 0 Å². The number of hydrogen-bond acceptors (Lipinski definition) is 5. The predicted molar refractivity (Wildman–Crippen MR) is 79.3 cm³/mol. The number of nitrogens with zero attached hydrogens (tertiary/aromatic N) is 2. The average molecular weight is 298 g/mol. The fourth-order valence-electron chi connectivity index (χ4n) is 2.34. The third-order valence-corrected chi connectivity index (χ3v) is 4.73. The number of hydrogen-bond donors (Lipinski definition) is 2. The third kappa shape index (κ3) is 3.91. The van der Waals surface area contributed by atoms with Crippen LogP contribution in [0.1, 0.15) is 19.8 Å². The molecule has 1 saturated heterocycles. The Kier molecular flexibility index (Phi) is 5.33. The van der Waals surface area contributed by atoms with Crippen LogP contribution in [0, 0.1) is 0 Å². The summed E-state index contributed by atoms with van der Waals surface area (Å²) in [6.07, 6.45) is 3.91. The fraction of sp³-hybridized carbons (Fsp3) is 0.615. The molecule has 2 rings (SSSR count). The Labute approximate surface area is 120 Å². The highest BCUT2D eigenvalue weighted by atomic mass is 32.2. The highest BCUT2D eigenvalue weighted by Gasteiger charge is 2.20. The smallest absolute Gasteiger partial charge is 0.260 e. The van der Waals surface area contributed by atoms with E-state index in [1.807, 2.05) is 6.92 Å². The molecule has 1 fully saturated rings. The van der Waals surface area contributed by atoms with E-state index < -0.39 is 10.0 Å². The van der Waals surface area contributed by atoms with E-state index in [4.69, 9.17) is 0 Å². The SMILES string of the molecule is CCNc1cccnc1S(=O)(=O)NCCN1CCCC1. The van der Waals surface area contributed by atoms with Crippen molar-refractivity contribution in [2.45, 2.75) is 24.8 Å². The van der Waals surface area contributed by atoms with Gasteiger partial charge in [-0.1, -0.05) is 0 Å². The number of pyridine rings is 1. The van der Waals surface area contributed by atoms with Crippen molar-refractivity contribution in [3.63, 3.8) is 0 Å². The predicted octanol–water partition coefficient (Wildman–Crippen LogP) is 0.887. The minimum absolute atomic E-state index is 0.0725. The van der Waals surface area contributed by atoms with E-state index >= 15 is 0 Å². The molecule has 0 aromatic carbocycles. The molecule has 2 heterocycles. The van der Waals surface area contributed by atoms with Crippen LogP contribution in [0.15, 0.2) is 23.4 Å². The van der Waals surface area contributed by atoms with E-state index in [2.05, 4.69) is 19.9 Å². The monoisotopic (exact) mass is 298 g/mol. The lowest BCUT2D eigenvalue weighted by Gasteiger charge is -2.15. The second kappa shape index (κ2) is 7.01. The molecular formula is C13H22N4O2S. The Morgan fingerprint density at radius 3 is 2.80 bits per heavy atom. The zero-order valence-electron chi connectivity index (χ0n) is 11.8. The van der Waals surface area contributed by atoms with E-state index in [0.717, 1.165) is 19.6 Å². The summed E-state index contributed by atoms with van der Waals surface area (Å²) in [7, 11) is -3.56. The molecule has 2 N–H and O–H groups in total. The lowest BCUT2D eigenvalue weighted by Crippen LogP contribution is -2.34. The van der Waals surface area contributed by atoms with Gasteiger partial charge in [0.05, 0.1) is 5.69 Å². The number of anilines is 1. The molecule has 1 aliphatic heterocycles. The first-order valence-corrected chi connectivity index (χ1v) is 8.52. The number of nitrogens with one attached hydrogen (secondary N) is 2. The largest absolute Gasteiger partial charge is 0.383 e. The Morgan fingerprint density at radius 1 is 1.35 bits per heavy atom. The minimum Gasteiger partial charge on any atom is -0.383 e. The van der Waals surface area contributed by atoms with Crippen LogP contribution in [-0.2, 0) is 10.0 Å². The van der Waals surface area contributed by atoms with Crippen LogP contribution < -0.4 is 10.0 Å². The van der Waals surface area contributed by atoms with Crippen LogP contribution >= 0.6 is 0 Å². The first kappa shape index (κ1) is 15.2. The van der Waals surface area contributed by atoms with Crippen LogP contribution in [-0.4, -0.2) is 51.0 Å². The van der Waals surface area contributed by atoms with Gasteiger partial charge in [-0.05, 0) is 45.0 Å². The zero-order chi connectivity index (χ0) is 14.4. The van der Waals surface area contributed by atoms with Crippen molar-refractivity contribution in [3.8, 4) is 0 Å². The maximum Gasteiger partial charge on any atom is 0.260 e. The summed E-state index contributed by atoms with van der Waals surface area (Å²) >= 11 is 0. The van der Waals surface area contributed by atoms with E-state index in [9.17, 15) is 8.42 Å². The summed E-state index contributed by atoms with van der Waals surface area (Å²) in [5.74, 6) is 0. The second-order valence-electron chi connectivity index (χ2n) is 4.83. The fourth-order valence-corrected chi connectivity index (χ4v) is 3.47. The van der Waals surface area contributed by atoms with Crippen molar-refractivity contribution in [1.82, 2.24) is 14.6 Å². The molecule has 112 valence electrons. The normalized spacial score (nSPS) is 16.4. The van der Waals surface area contributed by atoms with Crippen LogP contribution in [0.2, 0.25) is 0 Å². The second-order valence-corrected chi connectivity index (χ2v) is 6.52. The number of rotatable bonds is 7. The number of aromatic nitrogens is 1. The summed E-state index contributed by atoms with van der Waals surface area (Å²) < 4.78 is 27.2. The molecule has 0 radical (unpaired) electrons. The Balaban J connectivity index is 1.98. The van der Waals surface area contributed by atoms with E-state index in [1.54, 1.807) is 12.1 Å². The summed E-state index contributed by atoms with van der Waals surface area (Å²) in [5, 5.41) is 3.09. The maximum absolute atomic E-state index is 12.3. The van der Waals surface area contributed by atoms with Gasteiger partial charge in [0.25, 0.3) is 10.0 Å². The molecule has 1 aromatic rings. The van der Waals surface area contributed by atoms with Gasteiger partial charge in [0, 0.05) is 25.8 Å². The van der Waals surface area contributed by atoms with Gasteiger partial charge in [-0.25, -0.2) is 18.1 Å². The van der Waals surface area contributed by atoms with Crippen molar-refractivity contribution < 1.29 is 8.42 Å². The molecule has 7 heteroatoms. The molecule has 0 bridgehead atoms. The van der Waals surface area contributed by atoms with Gasteiger partial charge in [-0.15, -0.1) is 0 Å². The van der Waals surface area contributed by atoms with Crippen molar-refractivity contribution in [2.24, 2.45) is 0 Å². The molecule has 0 spiro atoms. The Morgan fingerprint density at radius 2 is 2.10 bits per heavy atom. The van der Waals surface area contributed by atoms with Crippen LogP contribution in [0.3, 0.4) is 0 Å². The first-order chi connectivity index (χ1) is 9.63. The Bertz CT molecular complexity index is 527. The molecule has 20 heavy (non-hydrogen) atoms. The van der Waals surface area contributed by atoms with E-state index in [1.165, 1.54) is 19.0 Å². The van der Waals surface area contributed by atoms with Gasteiger partial charge in [0.15, 0.2) is 5.03 Å². The van der Waals surface area contributed by atoms with E-state index in [-0.39, 0.29) is 5.03 Å². The maximum atomic E-state index is 12.3. The van der Waals surface area contributed by atoms with Crippen molar-refractivity contribution >= 4 is 15.7 Å². The number of likely N-dealkylation sites (tertiary alicyclic amines) is 1. The summed E-state index contributed by atoms with van der Waals surface area (Å²) in [6, 6.07) is 3.45. The van der Waals surface area contributed by atoms with Crippen LogP contribution in [0.25, 0.3) is 0 Å². The van der Waals surface area contributed by atoms with Gasteiger partial charge >= 0.3 is 0 Å². The average Bonchev–Trinajstić information content (AvgIpc) is 2.92. The molecular weight excluding hydrogens is 276 g/mol. The highest BCUT2D eigenvalue weighted by molar-refractivity contribution is 7.89. The molecule has 0 unspecified atom stereocenters. The molecule has 0 amide bonds. The van der Waals surface area contributed by atoms with E-state index in [0.29, 0.717) is 18.8 Å². The number of sulfonamides is 1. The quantitative estimate of drug-likeness (QED) is 0.782. The van der Waals surface area contributed by atoms with Crippen molar-refractivity contribution in [2.75, 3.05) is 38.0 Å². The Hall–Kier alpha value is -1.18. The highest BCUT2D eigenvalue weighted by Crippen LogP contribution is 2.17. The van der Waals surface area contributed by atoms with Gasteiger partial charge in [-0.2, -0.15) is 0 Å². The van der Waals surface area contributed by atoms with Crippen molar-refractivity contribution in [3.05, 3.63) is 18.3 Å². The van der Waals surface area contributed by atoms with Crippen LogP contribution in [0.5, 0.6) is 0 Å². The first-order valence-electron chi connectivity index (χ1n) is 7.04. The topological polar surface area (TPSA) is 74.3 Å². The molecule has 0 aliphatic carbocycles. The third-order valence-electron chi connectivity index (χ3n) is 3.31. The summed E-state index contributed by atoms with van der Waals surface area (Å²) in [4.78, 5) is 6.26. The molecule has 0 saturated carbocycles. The van der Waals surface area contributed by atoms with Gasteiger partial charge < -0.3 is 10.2 Å². The minimum atomic E-state index is -3.56. The van der Waals surface area contributed by atoms with Gasteiger partial charge in [-0.3, -0.25) is 0 Å². The zero-order valence-corrected chi connectivity index (χ0v) is 12.6. The van der Waals surface area contributed by atoms with Crippen LogP contribution in [0.4, 0.5) is 5.69 Å². The lowest BCUT2D eigenvalue weighted by molar-refractivity contribution is 0.344. The lowest BCUT2D eigenvalue weighted by atomic mass is 10.4. The summed E-state index contributed by atoms with van der Waals surface area (Å²) in [5.41, 5.74) is 0.545. The van der Waals surface area contributed by atoms with Gasteiger partial charge in [0.1, 0.15) is 0 Å². The summed E-state index contributed by atoms with van der Waals surface area (Å²) in [6.45, 7) is 5.88. The molecule has 1 aromatic heterocycles.